The van der Waals surface area contributed by atoms with E-state index in [0.29, 0.717) is 117 Å². The minimum atomic E-state index is -0.0573. The highest BCUT2D eigenvalue weighted by Gasteiger charge is 2.42. The second kappa shape index (κ2) is 24.4. The Balaban J connectivity index is 1.21. The Labute approximate surface area is 242 Å². The van der Waals surface area contributed by atoms with Crippen LogP contribution in [0.15, 0.2) is 0 Å². The van der Waals surface area contributed by atoms with E-state index in [-0.39, 0.29) is 24.0 Å². The molecule has 3 atom stereocenters. The minimum absolute atomic E-state index is 0.0483. The summed E-state index contributed by atoms with van der Waals surface area (Å²) < 4.78 is 37.8. The molecule has 40 heavy (non-hydrogen) atoms. The molecule has 2 aliphatic rings. The summed E-state index contributed by atoms with van der Waals surface area (Å²) in [7, 11) is 0. The van der Waals surface area contributed by atoms with Gasteiger partial charge in [0.2, 0.25) is 5.91 Å². The van der Waals surface area contributed by atoms with Crippen LogP contribution in [0.5, 0.6) is 0 Å². The van der Waals surface area contributed by atoms with E-state index < -0.39 is 0 Å². The molecule has 0 unspecified atom stereocenters. The van der Waals surface area contributed by atoms with Crippen molar-refractivity contribution >= 4 is 23.7 Å². The van der Waals surface area contributed by atoms with Gasteiger partial charge in [0, 0.05) is 30.5 Å². The molecule has 0 bridgehead atoms. The fraction of sp³-hybridized carbons (Fsp3) is 0.923. The van der Waals surface area contributed by atoms with E-state index in [4.69, 9.17) is 38.9 Å². The number of fused-ring (bicyclic) bond motifs is 1. The molecule has 2 heterocycles. The van der Waals surface area contributed by atoms with E-state index in [9.17, 15) is 9.59 Å². The van der Waals surface area contributed by atoms with Gasteiger partial charge in [-0.2, -0.15) is 11.8 Å². The van der Waals surface area contributed by atoms with E-state index in [1.54, 1.807) is 0 Å². The van der Waals surface area contributed by atoms with Crippen LogP contribution in [-0.4, -0.2) is 141 Å². The van der Waals surface area contributed by atoms with Crippen LogP contribution in [-0.2, 0) is 38.0 Å². The Morgan fingerprint density at radius 2 is 1.25 bits per heavy atom. The zero-order valence-corrected chi connectivity index (χ0v) is 24.6. The molecular formula is C26H50N4O9S. The summed E-state index contributed by atoms with van der Waals surface area (Å²) >= 11 is 1.90. The van der Waals surface area contributed by atoms with Gasteiger partial charge in [-0.1, -0.05) is 6.42 Å². The second-order valence-corrected chi connectivity index (χ2v) is 10.6. The van der Waals surface area contributed by atoms with Crippen LogP contribution in [0.1, 0.15) is 25.7 Å². The van der Waals surface area contributed by atoms with E-state index >= 15 is 0 Å². The lowest BCUT2D eigenvalue weighted by molar-refractivity contribution is -0.121. The van der Waals surface area contributed by atoms with Crippen molar-refractivity contribution in [2.24, 2.45) is 5.73 Å². The highest BCUT2D eigenvalue weighted by atomic mass is 32.2. The van der Waals surface area contributed by atoms with E-state index in [0.717, 1.165) is 25.0 Å². The first-order valence-electron chi connectivity index (χ1n) is 14.4. The van der Waals surface area contributed by atoms with E-state index in [1.165, 1.54) is 0 Å². The molecule has 2 aliphatic heterocycles. The standard InChI is InChI=1S/C26H50N4O9S/c27-5-7-33-9-11-35-13-15-37-17-19-39-20-18-38-16-14-36-12-10-34-8-6-28-24(31)4-2-1-3-23-25-22(21-40-23)29-26(32)30-25/h22-23,25H,1-21,27H2,(H,28,31)(H2,29,30,32)/t22-,23+,25-/m1/s1. The number of carbonyl (C=O) groups is 2. The predicted molar refractivity (Wildman–Crippen MR) is 152 cm³/mol. The minimum Gasteiger partial charge on any atom is -0.378 e. The lowest BCUT2D eigenvalue weighted by atomic mass is 10.0. The predicted octanol–water partition coefficient (Wildman–Crippen LogP) is -0.0967. The van der Waals surface area contributed by atoms with Crippen LogP contribution in [0.25, 0.3) is 0 Å². The fourth-order valence-electron chi connectivity index (χ4n) is 4.13. The van der Waals surface area contributed by atoms with Crippen molar-refractivity contribution in [1.29, 1.82) is 0 Å². The van der Waals surface area contributed by atoms with E-state index in [2.05, 4.69) is 16.0 Å². The van der Waals surface area contributed by atoms with Gasteiger partial charge in [-0.3, -0.25) is 4.79 Å². The summed E-state index contributed by atoms with van der Waals surface area (Å²) in [6.45, 7) is 8.13. The van der Waals surface area contributed by atoms with E-state index in [1.807, 2.05) is 11.8 Å². The summed E-state index contributed by atoms with van der Waals surface area (Å²) in [5.41, 5.74) is 5.32. The zero-order valence-electron chi connectivity index (χ0n) is 23.7. The van der Waals surface area contributed by atoms with Crippen LogP contribution in [0.3, 0.4) is 0 Å². The molecule has 0 radical (unpaired) electrons. The summed E-state index contributed by atoms with van der Waals surface area (Å²) in [6.07, 6.45) is 3.36. The van der Waals surface area contributed by atoms with Gasteiger partial charge in [-0.15, -0.1) is 0 Å². The third kappa shape index (κ3) is 17.6. The van der Waals surface area contributed by atoms with Crippen molar-refractivity contribution < 1.29 is 42.7 Å². The molecule has 3 amide bonds. The first-order chi connectivity index (χ1) is 19.7. The average molecular weight is 595 g/mol. The molecule has 2 rings (SSSR count). The van der Waals surface area contributed by atoms with Gasteiger partial charge in [0.15, 0.2) is 0 Å². The number of hydrogen-bond acceptors (Lipinski definition) is 11. The molecule has 5 N–H and O–H groups in total. The third-order valence-corrected chi connectivity index (χ3v) is 7.65. The van der Waals surface area contributed by atoms with Crippen LogP contribution in [0.4, 0.5) is 4.79 Å². The molecule has 14 heteroatoms. The number of urea groups is 1. The first-order valence-corrected chi connectivity index (χ1v) is 15.4. The fourth-order valence-corrected chi connectivity index (χ4v) is 5.67. The maximum Gasteiger partial charge on any atom is 0.315 e. The summed E-state index contributed by atoms with van der Waals surface area (Å²) in [5, 5.41) is 9.28. The summed E-state index contributed by atoms with van der Waals surface area (Å²) in [4.78, 5) is 23.4. The highest BCUT2D eigenvalue weighted by Crippen LogP contribution is 2.33. The molecule has 0 aliphatic carbocycles. The monoisotopic (exact) mass is 594 g/mol. The Bertz CT molecular complexity index is 653. The number of nitrogens with two attached hydrogens (primary N) is 1. The van der Waals surface area contributed by atoms with Crippen molar-refractivity contribution in [2.75, 3.05) is 111 Å². The van der Waals surface area contributed by atoms with Crippen molar-refractivity contribution in [3.05, 3.63) is 0 Å². The molecule has 13 nitrogen and oxygen atoms in total. The maximum absolute atomic E-state index is 12.0. The van der Waals surface area contributed by atoms with Crippen LogP contribution >= 0.6 is 11.8 Å². The lowest BCUT2D eigenvalue weighted by Gasteiger charge is -2.16. The number of carbonyl (C=O) groups excluding carboxylic acids is 2. The summed E-state index contributed by atoms with van der Waals surface area (Å²) in [6, 6.07) is 0.423. The normalized spacial score (nSPS) is 19.9. The molecule has 2 saturated heterocycles. The number of ether oxygens (including phenoxy) is 7. The van der Waals surface area contributed by atoms with Gasteiger partial charge in [-0.05, 0) is 12.8 Å². The number of rotatable bonds is 28. The topological polar surface area (TPSA) is 161 Å². The number of hydrogen-bond donors (Lipinski definition) is 4. The molecule has 0 spiro atoms. The lowest BCUT2D eigenvalue weighted by Crippen LogP contribution is -2.36. The van der Waals surface area contributed by atoms with Crippen LogP contribution in [0, 0.1) is 0 Å². The highest BCUT2D eigenvalue weighted by molar-refractivity contribution is 8.00. The van der Waals surface area contributed by atoms with Crippen molar-refractivity contribution in [2.45, 2.75) is 43.0 Å². The van der Waals surface area contributed by atoms with Gasteiger partial charge in [0.25, 0.3) is 0 Å². The quantitative estimate of drug-likeness (QED) is 0.0708. The molecular weight excluding hydrogens is 544 g/mol. The number of amides is 3. The molecule has 0 saturated carbocycles. The van der Waals surface area contributed by atoms with Gasteiger partial charge in [0.05, 0.1) is 105 Å². The largest absolute Gasteiger partial charge is 0.378 e. The van der Waals surface area contributed by atoms with Gasteiger partial charge < -0.3 is 54.8 Å². The summed E-state index contributed by atoms with van der Waals surface area (Å²) in [5.74, 6) is 1.01. The van der Waals surface area contributed by atoms with Gasteiger partial charge >= 0.3 is 6.03 Å². The SMILES string of the molecule is NCCOCCOCCOCCOCCOCCOCCOCCNC(=O)CCCC[C@@H]1SC[C@H]2NC(=O)N[C@@H]12. The van der Waals surface area contributed by atoms with Gasteiger partial charge in [0.1, 0.15) is 0 Å². The Morgan fingerprint density at radius 3 is 1.77 bits per heavy atom. The number of unbranched alkanes of at least 4 members (excludes halogenated alkanes) is 1. The first kappa shape index (κ1) is 35.0. The third-order valence-electron chi connectivity index (χ3n) is 6.14. The van der Waals surface area contributed by atoms with Crippen LogP contribution in [0.2, 0.25) is 0 Å². The Morgan fingerprint density at radius 1 is 0.750 bits per heavy atom. The molecule has 234 valence electrons. The van der Waals surface area contributed by atoms with Crippen LogP contribution < -0.4 is 21.7 Å². The smallest absolute Gasteiger partial charge is 0.315 e. The Kier molecular flexibility index (Phi) is 21.3. The Hall–Kier alpha value is -1.23. The zero-order chi connectivity index (χ0) is 28.5. The van der Waals surface area contributed by atoms with Crippen molar-refractivity contribution in [1.82, 2.24) is 16.0 Å². The molecule has 0 aromatic rings. The molecule has 0 aromatic carbocycles. The molecule has 0 aromatic heterocycles. The number of thioether (sulfide) groups is 1. The average Bonchev–Trinajstić information content (AvgIpc) is 3.50. The maximum atomic E-state index is 12.0. The van der Waals surface area contributed by atoms with Crippen molar-refractivity contribution in [3.63, 3.8) is 0 Å². The van der Waals surface area contributed by atoms with Gasteiger partial charge in [-0.25, -0.2) is 4.79 Å². The number of nitrogens with one attached hydrogen (secondary N) is 3. The van der Waals surface area contributed by atoms with Crippen molar-refractivity contribution in [3.8, 4) is 0 Å². The molecule has 2 fully saturated rings. The second-order valence-electron chi connectivity index (χ2n) is 9.29.